The first-order valence-electron chi connectivity index (χ1n) is 5.15. The third kappa shape index (κ3) is 2.87. The third-order valence-corrected chi connectivity index (χ3v) is 2.32. The number of nitrogens with two attached hydrogens (primary N) is 1. The van der Waals surface area contributed by atoms with Crippen LogP contribution < -0.4 is 10.5 Å². The molecule has 1 aromatic rings. The lowest BCUT2D eigenvalue weighted by molar-refractivity contribution is 0.0644. The molecule has 0 bridgehead atoms. The van der Waals surface area contributed by atoms with Gasteiger partial charge in [-0.25, -0.2) is 4.98 Å². The van der Waals surface area contributed by atoms with E-state index in [1.54, 1.807) is 12.3 Å². The molecule has 1 atom stereocenters. The molecule has 0 aliphatic carbocycles. The molecule has 0 saturated carbocycles. The van der Waals surface area contributed by atoms with Gasteiger partial charge < -0.3 is 15.2 Å². The fourth-order valence-electron chi connectivity index (χ4n) is 1.50. The molecule has 2 N–H and O–H groups in total. The van der Waals surface area contributed by atoms with E-state index in [2.05, 4.69) is 9.97 Å². The third-order valence-electron chi connectivity index (χ3n) is 2.32. The smallest absolute Gasteiger partial charge is 0.316 e. The van der Waals surface area contributed by atoms with E-state index < -0.39 is 0 Å². The molecule has 1 unspecified atom stereocenters. The second kappa shape index (κ2) is 5.04. The zero-order valence-corrected chi connectivity index (χ0v) is 8.56. The van der Waals surface area contributed by atoms with Crippen molar-refractivity contribution in [2.24, 2.45) is 5.73 Å². The average molecular weight is 209 g/mol. The lowest BCUT2D eigenvalue weighted by Gasteiger charge is -2.09. The molecule has 1 saturated heterocycles. The second-order valence-electron chi connectivity index (χ2n) is 3.48. The van der Waals surface area contributed by atoms with Crippen LogP contribution >= 0.6 is 0 Å². The van der Waals surface area contributed by atoms with Gasteiger partial charge in [0.05, 0.1) is 11.8 Å². The van der Waals surface area contributed by atoms with Crippen molar-refractivity contribution in [3.05, 3.63) is 18.0 Å². The Morgan fingerprint density at radius 1 is 1.60 bits per heavy atom. The topological polar surface area (TPSA) is 70.3 Å². The van der Waals surface area contributed by atoms with E-state index in [-0.39, 0.29) is 6.10 Å². The van der Waals surface area contributed by atoms with Crippen molar-refractivity contribution < 1.29 is 9.47 Å². The molecule has 15 heavy (non-hydrogen) atoms. The van der Waals surface area contributed by atoms with Crippen LogP contribution in [0.3, 0.4) is 0 Å². The van der Waals surface area contributed by atoms with Crippen molar-refractivity contribution in [1.29, 1.82) is 0 Å². The maximum absolute atomic E-state index is 5.47. The summed E-state index contributed by atoms with van der Waals surface area (Å²) in [6, 6.07) is 2.16. The van der Waals surface area contributed by atoms with Crippen LogP contribution in [0.15, 0.2) is 12.3 Å². The predicted molar refractivity (Wildman–Crippen MR) is 54.4 cm³/mol. The Balaban J connectivity index is 1.86. The summed E-state index contributed by atoms with van der Waals surface area (Å²) >= 11 is 0. The second-order valence-corrected chi connectivity index (χ2v) is 3.48. The maximum Gasteiger partial charge on any atom is 0.316 e. The largest absolute Gasteiger partial charge is 0.461 e. The van der Waals surface area contributed by atoms with Crippen LogP contribution in [0.5, 0.6) is 6.01 Å². The normalized spacial score (nSPS) is 20.5. The van der Waals surface area contributed by atoms with Crippen molar-refractivity contribution in [3.63, 3.8) is 0 Å². The van der Waals surface area contributed by atoms with Crippen LogP contribution in [0.1, 0.15) is 18.5 Å². The Morgan fingerprint density at radius 3 is 3.27 bits per heavy atom. The number of rotatable bonds is 4. The maximum atomic E-state index is 5.47. The molecule has 2 heterocycles. The summed E-state index contributed by atoms with van der Waals surface area (Å²) in [6.07, 6.45) is 4.00. The first-order valence-corrected chi connectivity index (χ1v) is 5.15. The molecular formula is C10H15N3O2. The van der Waals surface area contributed by atoms with Crippen LogP contribution in [-0.2, 0) is 11.3 Å². The molecule has 5 heteroatoms. The van der Waals surface area contributed by atoms with Gasteiger partial charge in [0.1, 0.15) is 6.61 Å². The van der Waals surface area contributed by atoms with E-state index in [1.165, 1.54) is 0 Å². The Labute approximate surface area is 88.6 Å². The number of hydrogen-bond acceptors (Lipinski definition) is 5. The van der Waals surface area contributed by atoms with Gasteiger partial charge >= 0.3 is 6.01 Å². The minimum atomic E-state index is 0.190. The van der Waals surface area contributed by atoms with Crippen LogP contribution in [-0.4, -0.2) is 29.3 Å². The Morgan fingerprint density at radius 2 is 2.53 bits per heavy atom. The highest BCUT2D eigenvalue weighted by molar-refractivity contribution is 5.04. The molecule has 1 aromatic heterocycles. The highest BCUT2D eigenvalue weighted by Crippen LogP contribution is 2.13. The number of ether oxygens (including phenoxy) is 2. The van der Waals surface area contributed by atoms with Gasteiger partial charge in [-0.15, -0.1) is 0 Å². The molecule has 1 aliphatic rings. The molecular weight excluding hydrogens is 194 g/mol. The summed E-state index contributed by atoms with van der Waals surface area (Å²) in [6.45, 7) is 1.75. The van der Waals surface area contributed by atoms with Gasteiger partial charge in [0, 0.05) is 19.3 Å². The average Bonchev–Trinajstić information content (AvgIpc) is 2.79. The van der Waals surface area contributed by atoms with Crippen LogP contribution in [0.2, 0.25) is 0 Å². The molecule has 1 fully saturated rings. The summed E-state index contributed by atoms with van der Waals surface area (Å²) in [5, 5.41) is 0. The SMILES string of the molecule is NCc1ccnc(OCC2CCCO2)n1. The van der Waals surface area contributed by atoms with Gasteiger partial charge in [0.2, 0.25) is 0 Å². The lowest BCUT2D eigenvalue weighted by Crippen LogP contribution is -2.17. The van der Waals surface area contributed by atoms with Gasteiger partial charge in [-0.3, -0.25) is 0 Å². The van der Waals surface area contributed by atoms with Crippen molar-refractivity contribution in [3.8, 4) is 6.01 Å². The first kappa shape index (κ1) is 10.3. The highest BCUT2D eigenvalue weighted by Gasteiger charge is 2.16. The number of nitrogens with zero attached hydrogens (tertiary/aromatic N) is 2. The molecule has 82 valence electrons. The number of aromatic nitrogens is 2. The van der Waals surface area contributed by atoms with Gasteiger partial charge in [-0.2, -0.15) is 4.98 Å². The van der Waals surface area contributed by atoms with Crippen molar-refractivity contribution in [2.75, 3.05) is 13.2 Å². The Hall–Kier alpha value is -1.20. The zero-order valence-electron chi connectivity index (χ0n) is 8.56. The minimum Gasteiger partial charge on any atom is -0.461 e. The summed E-state index contributed by atoms with van der Waals surface area (Å²) in [4.78, 5) is 8.14. The predicted octanol–water partition coefficient (Wildman–Crippen LogP) is 0.493. The Bertz CT molecular complexity index is 313. The molecule has 0 spiro atoms. The van der Waals surface area contributed by atoms with E-state index in [4.69, 9.17) is 15.2 Å². The summed E-state index contributed by atoms with van der Waals surface area (Å²) < 4.78 is 10.9. The summed E-state index contributed by atoms with van der Waals surface area (Å²) in [7, 11) is 0. The van der Waals surface area contributed by atoms with Gasteiger partial charge in [0.15, 0.2) is 0 Å². The fourth-order valence-corrected chi connectivity index (χ4v) is 1.50. The van der Waals surface area contributed by atoms with Gasteiger partial charge in [0.25, 0.3) is 0 Å². The fraction of sp³-hybridized carbons (Fsp3) is 0.600. The zero-order chi connectivity index (χ0) is 10.5. The van der Waals surface area contributed by atoms with Gasteiger partial charge in [-0.05, 0) is 18.9 Å². The standard InChI is InChI=1S/C10H15N3O2/c11-6-8-3-4-12-10(13-8)15-7-9-2-1-5-14-9/h3-4,9H,1-2,5-7,11H2. The molecule has 5 nitrogen and oxygen atoms in total. The van der Waals surface area contributed by atoms with E-state index >= 15 is 0 Å². The van der Waals surface area contributed by atoms with Crippen molar-refractivity contribution >= 4 is 0 Å². The first-order chi connectivity index (χ1) is 7.38. The van der Waals surface area contributed by atoms with E-state index in [1.807, 2.05) is 0 Å². The monoisotopic (exact) mass is 209 g/mol. The number of hydrogen-bond donors (Lipinski definition) is 1. The van der Waals surface area contributed by atoms with Crippen LogP contribution in [0.4, 0.5) is 0 Å². The minimum absolute atomic E-state index is 0.190. The summed E-state index contributed by atoms with van der Waals surface area (Å²) in [5.41, 5.74) is 6.25. The molecule has 0 amide bonds. The van der Waals surface area contributed by atoms with Crippen molar-refractivity contribution in [1.82, 2.24) is 9.97 Å². The Kier molecular flexibility index (Phi) is 3.47. The van der Waals surface area contributed by atoms with E-state index in [0.717, 1.165) is 25.1 Å². The van der Waals surface area contributed by atoms with Crippen LogP contribution in [0, 0.1) is 0 Å². The summed E-state index contributed by atoms with van der Waals surface area (Å²) in [5.74, 6) is 0. The molecule has 2 rings (SSSR count). The molecule has 0 radical (unpaired) electrons. The van der Waals surface area contributed by atoms with Gasteiger partial charge in [-0.1, -0.05) is 0 Å². The van der Waals surface area contributed by atoms with Crippen molar-refractivity contribution in [2.45, 2.75) is 25.5 Å². The van der Waals surface area contributed by atoms with Crippen LogP contribution in [0.25, 0.3) is 0 Å². The van der Waals surface area contributed by atoms with E-state index in [9.17, 15) is 0 Å². The molecule has 1 aliphatic heterocycles. The quantitative estimate of drug-likeness (QED) is 0.781. The van der Waals surface area contributed by atoms with E-state index in [0.29, 0.717) is 19.2 Å². The lowest BCUT2D eigenvalue weighted by atomic mass is 10.2. The molecule has 0 aromatic carbocycles. The highest BCUT2D eigenvalue weighted by atomic mass is 16.5.